The van der Waals surface area contributed by atoms with E-state index in [4.69, 9.17) is 20.3 Å². The molecule has 0 bridgehead atoms. The average Bonchev–Trinajstić information content (AvgIpc) is 2.18. The Morgan fingerprint density at radius 3 is 2.57 bits per heavy atom. The minimum atomic E-state index is -1.05. The number of hydrogen-bond acceptors (Lipinski definition) is 4. The Hall–Kier alpha value is -1.07. The summed E-state index contributed by atoms with van der Waals surface area (Å²) >= 11 is 0. The van der Waals surface area contributed by atoms with Gasteiger partial charge in [0, 0.05) is 44.9 Å². The second-order valence-electron chi connectivity index (χ2n) is 3.25. The van der Waals surface area contributed by atoms with Crippen molar-refractivity contribution in [2.75, 3.05) is 20.3 Å². The second-order valence-corrected chi connectivity index (χ2v) is 3.25. The van der Waals surface area contributed by atoms with Crippen molar-refractivity contribution in [2.24, 2.45) is 5.73 Å². The molecule has 0 atom stereocenters. The van der Waals surface area contributed by atoms with Crippen LogP contribution in [-0.2, 0) is 14.3 Å². The molecule has 0 unspecified atom stereocenters. The zero-order valence-electron chi connectivity index (χ0n) is 8.16. The molecule has 80 valence electrons. The lowest BCUT2D eigenvalue weighted by Gasteiger charge is -2.36. The van der Waals surface area contributed by atoms with E-state index in [1.165, 1.54) is 7.11 Å². The average molecular weight is 201 g/mol. The van der Waals surface area contributed by atoms with Crippen LogP contribution in [0.3, 0.4) is 0 Å². The minimum absolute atomic E-state index is 0.260. The van der Waals surface area contributed by atoms with Gasteiger partial charge in [0.25, 0.3) is 0 Å². The van der Waals surface area contributed by atoms with Gasteiger partial charge >= 0.3 is 5.97 Å². The van der Waals surface area contributed by atoms with Gasteiger partial charge in [0.2, 0.25) is 0 Å². The third kappa shape index (κ3) is 2.24. The number of carboxylic acid groups (broad SMARTS) is 1. The van der Waals surface area contributed by atoms with Crippen LogP contribution in [0.5, 0.6) is 0 Å². The number of methoxy groups -OCH3 is 1. The van der Waals surface area contributed by atoms with Crippen molar-refractivity contribution in [1.29, 1.82) is 0 Å². The molecule has 1 heterocycles. The number of ether oxygens (including phenoxy) is 2. The van der Waals surface area contributed by atoms with Crippen LogP contribution in [-0.4, -0.2) is 37.0 Å². The molecule has 0 saturated carbocycles. The monoisotopic (exact) mass is 201 g/mol. The smallest absolute Gasteiger partial charge is 0.330 e. The number of carboxylic acids is 1. The number of aliphatic carboxylic acids is 1. The topological polar surface area (TPSA) is 81.8 Å². The van der Waals surface area contributed by atoms with Crippen molar-refractivity contribution >= 4 is 5.97 Å². The molecule has 0 aromatic rings. The number of rotatable bonds is 3. The molecular weight excluding hydrogens is 186 g/mol. The van der Waals surface area contributed by atoms with E-state index in [1.54, 1.807) is 0 Å². The summed E-state index contributed by atoms with van der Waals surface area (Å²) in [6.45, 7) is 1.09. The third-order valence-corrected chi connectivity index (χ3v) is 2.50. The summed E-state index contributed by atoms with van der Waals surface area (Å²) in [5.74, 6) is -1.05. The molecule has 5 nitrogen and oxygen atoms in total. The largest absolute Gasteiger partial charge is 0.478 e. The molecule has 1 aliphatic heterocycles. The van der Waals surface area contributed by atoms with Gasteiger partial charge in [0.15, 0.2) is 0 Å². The molecule has 0 amide bonds. The van der Waals surface area contributed by atoms with Crippen molar-refractivity contribution in [3.05, 3.63) is 11.8 Å². The number of nitrogens with two attached hydrogens (primary N) is 1. The van der Waals surface area contributed by atoms with Gasteiger partial charge in [-0.1, -0.05) is 0 Å². The summed E-state index contributed by atoms with van der Waals surface area (Å²) < 4.78 is 10.5. The first-order valence-electron chi connectivity index (χ1n) is 4.44. The first kappa shape index (κ1) is 11.0. The predicted octanol–water partition coefficient (Wildman–Crippen LogP) is 0.109. The molecule has 0 aromatic carbocycles. The van der Waals surface area contributed by atoms with Crippen LogP contribution < -0.4 is 5.73 Å². The van der Waals surface area contributed by atoms with Crippen molar-refractivity contribution in [3.63, 3.8) is 0 Å². The molecule has 3 N–H and O–H groups in total. The summed E-state index contributed by atoms with van der Waals surface area (Å²) in [7, 11) is 1.54. The fourth-order valence-corrected chi connectivity index (χ4v) is 1.58. The fraction of sp³-hybridized carbons (Fsp3) is 0.667. The quantitative estimate of drug-likeness (QED) is 0.633. The Kier molecular flexibility index (Phi) is 3.49. The highest BCUT2D eigenvalue weighted by atomic mass is 16.5. The fourth-order valence-electron chi connectivity index (χ4n) is 1.58. The Labute approximate surface area is 82.5 Å². The minimum Gasteiger partial charge on any atom is -0.478 e. The summed E-state index contributed by atoms with van der Waals surface area (Å²) in [4.78, 5) is 10.5. The molecule has 1 fully saturated rings. The number of hydrogen-bond donors (Lipinski definition) is 2. The highest BCUT2D eigenvalue weighted by Crippen LogP contribution is 2.29. The Morgan fingerprint density at radius 2 is 2.14 bits per heavy atom. The Bertz CT molecular complexity index is 243. The molecule has 5 heteroatoms. The Balaban J connectivity index is 2.82. The van der Waals surface area contributed by atoms with E-state index in [1.807, 2.05) is 0 Å². The van der Waals surface area contributed by atoms with Gasteiger partial charge in [0.1, 0.15) is 5.60 Å². The van der Waals surface area contributed by atoms with Crippen LogP contribution in [0.2, 0.25) is 0 Å². The molecule has 0 spiro atoms. The van der Waals surface area contributed by atoms with E-state index in [9.17, 15) is 4.79 Å². The van der Waals surface area contributed by atoms with Crippen LogP contribution >= 0.6 is 0 Å². The highest BCUT2D eigenvalue weighted by Gasteiger charge is 2.35. The molecular formula is C9H15NO4. The number of carbonyl (C=O) groups is 1. The lowest BCUT2D eigenvalue weighted by atomic mass is 9.90. The first-order valence-corrected chi connectivity index (χ1v) is 4.44. The van der Waals surface area contributed by atoms with E-state index >= 15 is 0 Å². The van der Waals surface area contributed by atoms with Crippen molar-refractivity contribution in [1.82, 2.24) is 0 Å². The van der Waals surface area contributed by atoms with Gasteiger partial charge in [-0.15, -0.1) is 0 Å². The van der Waals surface area contributed by atoms with Gasteiger partial charge in [-0.2, -0.15) is 0 Å². The maximum absolute atomic E-state index is 10.5. The summed E-state index contributed by atoms with van der Waals surface area (Å²) in [6.07, 6.45) is 2.19. The molecule has 1 aliphatic rings. The zero-order valence-corrected chi connectivity index (χ0v) is 8.16. The third-order valence-electron chi connectivity index (χ3n) is 2.50. The molecule has 0 aliphatic carbocycles. The molecule has 1 saturated heterocycles. The van der Waals surface area contributed by atoms with Crippen LogP contribution in [0.15, 0.2) is 11.8 Å². The molecule has 0 aromatic heterocycles. The normalized spacial score (nSPS) is 21.9. The lowest BCUT2D eigenvalue weighted by Crippen LogP contribution is -2.43. The van der Waals surface area contributed by atoms with E-state index in [0.717, 1.165) is 6.08 Å². The highest BCUT2D eigenvalue weighted by molar-refractivity contribution is 5.80. The van der Waals surface area contributed by atoms with E-state index in [2.05, 4.69) is 0 Å². The maximum Gasteiger partial charge on any atom is 0.330 e. The van der Waals surface area contributed by atoms with Crippen molar-refractivity contribution in [2.45, 2.75) is 18.4 Å². The Morgan fingerprint density at radius 1 is 1.57 bits per heavy atom. The standard InChI is InChI=1S/C9H15NO4/c1-13-9(2-4-14-5-3-9)7(10)6-8(11)12/h6H,2-5,10H2,1H3,(H,11,12)/b7-6-. The van der Waals surface area contributed by atoms with Gasteiger partial charge in [-0.05, 0) is 0 Å². The van der Waals surface area contributed by atoms with E-state index in [-0.39, 0.29) is 5.70 Å². The second kappa shape index (κ2) is 4.43. The molecule has 1 rings (SSSR count). The van der Waals surface area contributed by atoms with E-state index in [0.29, 0.717) is 26.1 Å². The predicted molar refractivity (Wildman–Crippen MR) is 49.7 cm³/mol. The molecule has 14 heavy (non-hydrogen) atoms. The summed E-state index contributed by atoms with van der Waals surface area (Å²) in [5, 5.41) is 8.58. The van der Waals surface area contributed by atoms with Crippen LogP contribution in [0.25, 0.3) is 0 Å². The van der Waals surface area contributed by atoms with Crippen molar-refractivity contribution < 1.29 is 19.4 Å². The van der Waals surface area contributed by atoms with E-state index < -0.39 is 11.6 Å². The van der Waals surface area contributed by atoms with Crippen LogP contribution in [0, 0.1) is 0 Å². The zero-order chi connectivity index (χ0) is 10.6. The summed E-state index contributed by atoms with van der Waals surface area (Å²) in [6, 6.07) is 0. The maximum atomic E-state index is 10.5. The first-order chi connectivity index (χ1) is 6.60. The van der Waals surface area contributed by atoms with Crippen LogP contribution in [0.1, 0.15) is 12.8 Å². The summed E-state index contributed by atoms with van der Waals surface area (Å²) in [5.41, 5.74) is 5.30. The lowest BCUT2D eigenvalue weighted by molar-refractivity contribution is -0.131. The van der Waals surface area contributed by atoms with Crippen LogP contribution in [0.4, 0.5) is 0 Å². The van der Waals surface area contributed by atoms with Crippen molar-refractivity contribution in [3.8, 4) is 0 Å². The molecule has 0 radical (unpaired) electrons. The SMILES string of the molecule is COC1(/C(N)=C/C(=O)O)CCOCC1. The van der Waals surface area contributed by atoms with Gasteiger partial charge in [-0.25, -0.2) is 4.79 Å². The van der Waals surface area contributed by atoms with Gasteiger partial charge in [0.05, 0.1) is 0 Å². The van der Waals surface area contributed by atoms with Gasteiger partial charge in [-0.3, -0.25) is 0 Å². The van der Waals surface area contributed by atoms with Gasteiger partial charge < -0.3 is 20.3 Å².